The first-order chi connectivity index (χ1) is 11.8. The molecular weight excluding hydrogens is 342 g/mol. The molecule has 1 unspecified atom stereocenters. The van der Waals surface area contributed by atoms with Crippen LogP contribution in [0, 0.1) is 11.8 Å². The Morgan fingerprint density at radius 1 is 1.20 bits per heavy atom. The molecular formula is C18H25NO5S. The summed E-state index contributed by atoms with van der Waals surface area (Å²) in [5, 5.41) is 9.43. The minimum Gasteiger partial charge on any atom is -0.508 e. The van der Waals surface area contributed by atoms with E-state index in [1.165, 1.54) is 35.5 Å². The summed E-state index contributed by atoms with van der Waals surface area (Å²) < 4.78 is 33.5. The number of carbonyl (C=O) groups is 1. The van der Waals surface area contributed by atoms with Crippen molar-refractivity contribution in [2.24, 2.45) is 11.8 Å². The normalized spacial score (nSPS) is 28.3. The lowest BCUT2D eigenvalue weighted by molar-refractivity contribution is -0.149. The zero-order chi connectivity index (χ0) is 18.2. The number of phenolic OH excluding ortho intramolecular Hbond substituents is 1. The molecule has 2 aliphatic rings. The molecule has 3 rings (SSSR count). The van der Waals surface area contributed by atoms with Crippen molar-refractivity contribution in [2.45, 2.75) is 56.6 Å². The van der Waals surface area contributed by atoms with Crippen molar-refractivity contribution in [3.8, 4) is 5.75 Å². The highest BCUT2D eigenvalue weighted by atomic mass is 32.2. The summed E-state index contributed by atoms with van der Waals surface area (Å²) in [7, 11) is -3.71. The van der Waals surface area contributed by atoms with Crippen molar-refractivity contribution >= 4 is 16.0 Å². The van der Waals surface area contributed by atoms with Gasteiger partial charge in [-0.05, 0) is 43.0 Å². The summed E-state index contributed by atoms with van der Waals surface area (Å²) >= 11 is 0. The third-order valence-corrected chi connectivity index (χ3v) is 7.20. The fraction of sp³-hybridized carbons (Fsp3) is 0.611. The molecule has 0 aromatic heterocycles. The number of esters is 1. The second-order valence-electron chi connectivity index (χ2n) is 7.16. The Kier molecular flexibility index (Phi) is 5.06. The first-order valence-corrected chi connectivity index (χ1v) is 10.2. The molecule has 3 atom stereocenters. The Morgan fingerprint density at radius 2 is 1.80 bits per heavy atom. The fourth-order valence-electron chi connectivity index (χ4n) is 4.20. The van der Waals surface area contributed by atoms with E-state index >= 15 is 0 Å². The van der Waals surface area contributed by atoms with Crippen LogP contribution in [0.2, 0.25) is 0 Å². The molecule has 1 saturated carbocycles. The molecule has 0 radical (unpaired) electrons. The number of phenols is 1. The van der Waals surface area contributed by atoms with E-state index < -0.39 is 16.1 Å². The highest BCUT2D eigenvalue weighted by Gasteiger charge is 2.50. The Balaban J connectivity index is 1.97. The van der Waals surface area contributed by atoms with Gasteiger partial charge in [0.05, 0.1) is 10.9 Å². The lowest BCUT2D eigenvalue weighted by Crippen LogP contribution is -2.45. The van der Waals surface area contributed by atoms with Crippen molar-refractivity contribution in [3.05, 3.63) is 24.3 Å². The Hall–Kier alpha value is -1.60. The molecule has 7 heteroatoms. The summed E-state index contributed by atoms with van der Waals surface area (Å²) in [6, 6.07) is 5.27. The van der Waals surface area contributed by atoms with Gasteiger partial charge in [0.15, 0.2) is 0 Å². The number of nitrogens with zero attached hydrogens (tertiary/aromatic N) is 1. The minimum absolute atomic E-state index is 0.0267. The van der Waals surface area contributed by atoms with Crippen LogP contribution in [-0.4, -0.2) is 42.5 Å². The molecule has 25 heavy (non-hydrogen) atoms. The molecule has 0 amide bonds. The van der Waals surface area contributed by atoms with Crippen LogP contribution in [0.15, 0.2) is 29.2 Å². The summed E-state index contributed by atoms with van der Waals surface area (Å²) in [6.45, 7) is 3.64. The number of benzene rings is 1. The maximum absolute atomic E-state index is 13.2. The van der Waals surface area contributed by atoms with Gasteiger partial charge in [-0.15, -0.1) is 0 Å². The van der Waals surface area contributed by atoms with Crippen molar-refractivity contribution in [1.29, 1.82) is 0 Å². The number of hydrogen-bond donors (Lipinski definition) is 1. The zero-order valence-electron chi connectivity index (χ0n) is 14.6. The van der Waals surface area contributed by atoms with Gasteiger partial charge >= 0.3 is 5.97 Å². The number of carbonyl (C=O) groups excluding carboxylic acids is 1. The van der Waals surface area contributed by atoms with Crippen molar-refractivity contribution in [3.63, 3.8) is 0 Å². The zero-order valence-corrected chi connectivity index (χ0v) is 15.4. The topological polar surface area (TPSA) is 83.9 Å². The molecule has 1 saturated heterocycles. The summed E-state index contributed by atoms with van der Waals surface area (Å²) in [6.07, 6.45) is 3.66. The molecule has 1 aromatic carbocycles. The first kappa shape index (κ1) is 18.2. The van der Waals surface area contributed by atoms with E-state index in [0.717, 1.165) is 25.7 Å². The van der Waals surface area contributed by atoms with Crippen LogP contribution in [0.5, 0.6) is 5.75 Å². The number of rotatable bonds is 4. The Labute approximate surface area is 148 Å². The largest absolute Gasteiger partial charge is 0.508 e. The maximum atomic E-state index is 13.2. The molecule has 1 aliphatic heterocycles. The highest BCUT2D eigenvalue weighted by Crippen LogP contribution is 2.41. The summed E-state index contributed by atoms with van der Waals surface area (Å²) in [5.41, 5.74) is 0. The number of sulfonamides is 1. The van der Waals surface area contributed by atoms with Gasteiger partial charge in [0.1, 0.15) is 11.9 Å². The maximum Gasteiger partial charge on any atom is 0.302 e. The summed E-state index contributed by atoms with van der Waals surface area (Å²) in [5.74, 6) is -0.190. The van der Waals surface area contributed by atoms with E-state index in [4.69, 9.17) is 4.74 Å². The van der Waals surface area contributed by atoms with Gasteiger partial charge < -0.3 is 9.84 Å². The molecule has 2 fully saturated rings. The molecule has 0 spiro atoms. The van der Waals surface area contributed by atoms with Gasteiger partial charge in [0, 0.05) is 19.4 Å². The summed E-state index contributed by atoms with van der Waals surface area (Å²) in [4.78, 5) is 11.7. The van der Waals surface area contributed by atoms with Crippen LogP contribution in [-0.2, 0) is 19.6 Å². The number of hydrogen-bond acceptors (Lipinski definition) is 5. The van der Waals surface area contributed by atoms with Crippen LogP contribution in [0.1, 0.15) is 39.5 Å². The van der Waals surface area contributed by atoms with E-state index in [-0.39, 0.29) is 34.5 Å². The van der Waals surface area contributed by atoms with Gasteiger partial charge in [-0.3, -0.25) is 4.79 Å². The molecule has 0 bridgehead atoms. The lowest BCUT2D eigenvalue weighted by atomic mass is 9.91. The molecule has 1 aliphatic carbocycles. The van der Waals surface area contributed by atoms with Gasteiger partial charge in [0.2, 0.25) is 10.0 Å². The number of aromatic hydroxyl groups is 1. The predicted octanol–water partition coefficient (Wildman–Crippen LogP) is 2.52. The van der Waals surface area contributed by atoms with Crippen LogP contribution in [0.25, 0.3) is 0 Å². The average Bonchev–Trinajstić information content (AvgIpc) is 3.16. The van der Waals surface area contributed by atoms with Crippen molar-refractivity contribution < 1.29 is 23.1 Å². The highest BCUT2D eigenvalue weighted by molar-refractivity contribution is 7.89. The monoisotopic (exact) mass is 367 g/mol. The van der Waals surface area contributed by atoms with E-state index in [2.05, 4.69) is 0 Å². The second kappa shape index (κ2) is 6.96. The van der Waals surface area contributed by atoms with E-state index in [0.29, 0.717) is 6.54 Å². The van der Waals surface area contributed by atoms with Gasteiger partial charge in [-0.1, -0.05) is 19.8 Å². The van der Waals surface area contributed by atoms with Gasteiger partial charge in [-0.25, -0.2) is 8.42 Å². The van der Waals surface area contributed by atoms with Gasteiger partial charge in [0.25, 0.3) is 0 Å². The predicted molar refractivity (Wildman–Crippen MR) is 92.5 cm³/mol. The quantitative estimate of drug-likeness (QED) is 0.827. The van der Waals surface area contributed by atoms with Crippen LogP contribution < -0.4 is 0 Å². The molecule has 138 valence electrons. The second-order valence-corrected chi connectivity index (χ2v) is 9.05. The van der Waals surface area contributed by atoms with E-state index in [9.17, 15) is 18.3 Å². The molecule has 6 nitrogen and oxygen atoms in total. The van der Waals surface area contributed by atoms with Crippen LogP contribution in [0.4, 0.5) is 0 Å². The average molecular weight is 367 g/mol. The minimum atomic E-state index is -3.71. The third kappa shape index (κ3) is 3.53. The molecule has 1 aromatic rings. The standard InChI is InChI=1S/C18H25NO5S/c1-12-11-19(25(22,23)16-9-7-15(21)8-10-16)17(14-5-3-4-6-14)18(12)24-13(2)20/h7-10,12,14,17-18,21H,3-6,11H2,1-2H3/t12-,17?,18-/m0/s1. The molecule has 1 heterocycles. The van der Waals surface area contributed by atoms with E-state index in [1.807, 2.05) is 6.92 Å². The SMILES string of the molecule is CC(=O)O[C@@H]1C(C2CCCC2)N(S(=O)(=O)c2ccc(O)cc2)C[C@@H]1C. The smallest absolute Gasteiger partial charge is 0.302 e. The van der Waals surface area contributed by atoms with E-state index in [1.54, 1.807) is 0 Å². The third-order valence-electron chi connectivity index (χ3n) is 5.33. The first-order valence-electron chi connectivity index (χ1n) is 8.79. The molecule has 1 N–H and O–H groups in total. The number of ether oxygens (including phenoxy) is 1. The van der Waals surface area contributed by atoms with Crippen LogP contribution >= 0.6 is 0 Å². The fourth-order valence-corrected chi connectivity index (χ4v) is 6.00. The lowest BCUT2D eigenvalue weighted by Gasteiger charge is -2.32. The van der Waals surface area contributed by atoms with Crippen LogP contribution in [0.3, 0.4) is 0 Å². The van der Waals surface area contributed by atoms with Crippen molar-refractivity contribution in [1.82, 2.24) is 4.31 Å². The van der Waals surface area contributed by atoms with Crippen molar-refractivity contribution in [2.75, 3.05) is 6.54 Å². The Morgan fingerprint density at radius 3 is 2.36 bits per heavy atom. The Bertz CT molecular complexity index is 724. The van der Waals surface area contributed by atoms with Gasteiger partial charge in [-0.2, -0.15) is 4.31 Å².